The molecule has 3 aliphatic carbocycles. The lowest BCUT2D eigenvalue weighted by atomic mass is 9.85. The van der Waals surface area contributed by atoms with Gasteiger partial charge in [-0.25, -0.2) is 19.6 Å². The highest BCUT2D eigenvalue weighted by molar-refractivity contribution is 7.14. The molecule has 8 atom stereocenters. The maximum absolute atomic E-state index is 14.6. The van der Waals surface area contributed by atoms with Crippen molar-refractivity contribution in [2.45, 2.75) is 103 Å². The molecule has 0 spiro atoms. The molecule has 15 heteroatoms. The SMILES string of the molecule is C=CC1C[C@]1(NC(=O)[C@@H]1CC(Oc2cc(-c3csc(NC(C)C)n3)nc3cc(OC)ccc23)CN1C(=O)[C@@H](NC(=O)O[C@@H]1C[C@@H]2C[C@@H]2C1)C(C)(C)C)C(=O)O. The van der Waals surface area contributed by atoms with E-state index in [1.807, 2.05) is 46.1 Å². The molecule has 3 aromatic rings. The van der Waals surface area contributed by atoms with Crippen LogP contribution in [0.4, 0.5) is 9.93 Å². The van der Waals surface area contributed by atoms with Crippen LogP contribution in [0.15, 0.2) is 42.3 Å². The monoisotopic (exact) mass is 774 g/mol. The van der Waals surface area contributed by atoms with E-state index in [4.69, 9.17) is 24.2 Å². The molecule has 0 bridgehead atoms. The van der Waals surface area contributed by atoms with Gasteiger partial charge in [-0.05, 0) is 68.9 Å². The van der Waals surface area contributed by atoms with Crippen LogP contribution in [0.1, 0.15) is 66.7 Å². The number of aliphatic carboxylic acids is 1. The minimum Gasteiger partial charge on any atom is -0.497 e. The van der Waals surface area contributed by atoms with E-state index < -0.39 is 58.9 Å². The predicted octanol–water partition coefficient (Wildman–Crippen LogP) is 5.62. The first-order chi connectivity index (χ1) is 26.1. The number of nitrogens with zero attached hydrogens (tertiary/aromatic N) is 3. The molecular weight excluding hydrogens is 725 g/mol. The zero-order valence-corrected chi connectivity index (χ0v) is 32.9. The molecule has 294 valence electrons. The largest absolute Gasteiger partial charge is 0.497 e. The lowest BCUT2D eigenvalue weighted by Gasteiger charge is -2.35. The van der Waals surface area contributed by atoms with Crippen LogP contribution >= 0.6 is 11.3 Å². The van der Waals surface area contributed by atoms with Crippen molar-refractivity contribution in [3.63, 3.8) is 0 Å². The van der Waals surface area contributed by atoms with Gasteiger partial charge in [-0.1, -0.05) is 26.8 Å². The molecule has 2 aromatic heterocycles. The Morgan fingerprint density at radius 2 is 1.80 bits per heavy atom. The van der Waals surface area contributed by atoms with Gasteiger partial charge in [0, 0.05) is 41.3 Å². The number of alkyl carbamates (subject to hydrolysis) is 1. The highest BCUT2D eigenvalue weighted by Gasteiger charge is 2.61. The molecule has 3 amide bonds. The lowest BCUT2D eigenvalue weighted by molar-refractivity contribution is -0.146. The van der Waals surface area contributed by atoms with Gasteiger partial charge in [0.2, 0.25) is 11.8 Å². The number of benzene rings is 1. The van der Waals surface area contributed by atoms with Crippen LogP contribution in [0.2, 0.25) is 0 Å². The summed E-state index contributed by atoms with van der Waals surface area (Å²) in [7, 11) is 1.58. The van der Waals surface area contributed by atoms with E-state index in [9.17, 15) is 24.3 Å². The van der Waals surface area contributed by atoms with Gasteiger partial charge in [0.15, 0.2) is 5.13 Å². The van der Waals surface area contributed by atoms with Crippen LogP contribution in [0.25, 0.3) is 22.3 Å². The lowest BCUT2D eigenvalue weighted by Crippen LogP contribution is -2.59. The molecule has 1 saturated heterocycles. The van der Waals surface area contributed by atoms with E-state index >= 15 is 0 Å². The maximum atomic E-state index is 14.6. The Labute approximate surface area is 324 Å². The summed E-state index contributed by atoms with van der Waals surface area (Å²) in [4.78, 5) is 65.4. The highest BCUT2D eigenvalue weighted by Crippen LogP contribution is 2.52. The van der Waals surface area contributed by atoms with Gasteiger partial charge in [-0.3, -0.25) is 9.59 Å². The van der Waals surface area contributed by atoms with Crippen molar-refractivity contribution in [2.75, 3.05) is 19.0 Å². The van der Waals surface area contributed by atoms with Gasteiger partial charge in [0.05, 0.1) is 24.9 Å². The number of rotatable bonds is 13. The molecule has 3 heterocycles. The summed E-state index contributed by atoms with van der Waals surface area (Å²) in [5.41, 5.74) is -0.476. The number of hydrogen-bond acceptors (Lipinski definition) is 11. The van der Waals surface area contributed by atoms with E-state index in [0.717, 1.165) is 18.0 Å². The number of likely N-dealkylation sites (tertiary alicyclic amines) is 1. The fourth-order valence-electron chi connectivity index (χ4n) is 7.98. The molecule has 14 nitrogen and oxygen atoms in total. The van der Waals surface area contributed by atoms with Crippen molar-refractivity contribution in [2.24, 2.45) is 23.2 Å². The Kier molecular flexibility index (Phi) is 10.2. The Balaban J connectivity index is 1.19. The van der Waals surface area contributed by atoms with E-state index in [1.54, 1.807) is 25.3 Å². The Morgan fingerprint density at radius 1 is 1.05 bits per heavy atom. The molecule has 3 saturated carbocycles. The van der Waals surface area contributed by atoms with Crippen molar-refractivity contribution in [3.8, 4) is 22.9 Å². The van der Waals surface area contributed by atoms with E-state index in [-0.39, 0.29) is 31.5 Å². The second-order valence-corrected chi connectivity index (χ2v) is 17.6. The van der Waals surface area contributed by atoms with E-state index in [2.05, 4.69) is 22.5 Å². The minimum atomic E-state index is -1.51. The van der Waals surface area contributed by atoms with E-state index in [0.29, 0.717) is 45.6 Å². The summed E-state index contributed by atoms with van der Waals surface area (Å²) in [5, 5.41) is 22.3. The summed E-state index contributed by atoms with van der Waals surface area (Å²) in [5.74, 6) is -0.456. The number of carboxylic acid groups (broad SMARTS) is 1. The fraction of sp³-hybridized carbons (Fsp3) is 0.550. The first kappa shape index (κ1) is 38.4. The second kappa shape index (κ2) is 14.6. The number of ether oxygens (including phenoxy) is 3. The third-order valence-corrected chi connectivity index (χ3v) is 11.9. The topological polar surface area (TPSA) is 181 Å². The van der Waals surface area contributed by atoms with Crippen LogP contribution in [0, 0.1) is 23.2 Å². The van der Waals surface area contributed by atoms with Gasteiger partial charge in [0.25, 0.3) is 0 Å². The molecule has 4 fully saturated rings. The smallest absolute Gasteiger partial charge is 0.408 e. The first-order valence-electron chi connectivity index (χ1n) is 18.9. The van der Waals surface area contributed by atoms with Gasteiger partial charge in [-0.15, -0.1) is 17.9 Å². The quantitative estimate of drug-likeness (QED) is 0.158. The number of hydrogen-bond donors (Lipinski definition) is 4. The highest BCUT2D eigenvalue weighted by atomic mass is 32.1. The summed E-state index contributed by atoms with van der Waals surface area (Å²) in [6.07, 6.45) is 3.05. The number of anilines is 1. The molecule has 4 N–H and O–H groups in total. The third kappa shape index (κ3) is 7.94. The van der Waals surface area contributed by atoms with Crippen LogP contribution < -0.4 is 25.4 Å². The van der Waals surface area contributed by atoms with E-state index in [1.165, 1.54) is 28.7 Å². The number of carbonyl (C=O) groups excluding carboxylic acids is 3. The van der Waals surface area contributed by atoms with Gasteiger partial charge in [-0.2, -0.15) is 0 Å². The minimum absolute atomic E-state index is 0.00830. The number of carboxylic acids is 1. The Bertz CT molecular complexity index is 2000. The number of amides is 3. The van der Waals surface area contributed by atoms with Crippen LogP contribution in [-0.2, 0) is 19.1 Å². The fourth-order valence-corrected chi connectivity index (χ4v) is 8.83. The van der Waals surface area contributed by atoms with Crippen molar-refractivity contribution in [1.82, 2.24) is 25.5 Å². The van der Waals surface area contributed by atoms with Crippen LogP contribution in [0.5, 0.6) is 11.5 Å². The number of thiazole rings is 1. The molecule has 1 aliphatic heterocycles. The van der Waals surface area contributed by atoms with Crippen molar-refractivity contribution in [1.29, 1.82) is 0 Å². The van der Waals surface area contributed by atoms with Crippen molar-refractivity contribution >= 4 is 51.2 Å². The molecule has 4 aliphatic rings. The zero-order chi connectivity index (χ0) is 39.4. The van der Waals surface area contributed by atoms with Crippen molar-refractivity contribution in [3.05, 3.63) is 42.3 Å². The van der Waals surface area contributed by atoms with Crippen LogP contribution in [-0.4, -0.2) is 93.4 Å². The summed E-state index contributed by atoms with van der Waals surface area (Å²) in [6.45, 7) is 13.3. The summed E-state index contributed by atoms with van der Waals surface area (Å²) < 4.78 is 17.9. The Hall–Kier alpha value is -4.92. The molecule has 1 aromatic carbocycles. The standard InChI is InChI=1S/C40H50N6O8S/c1-8-23-17-40(23,36(49)50)45-34(47)31-15-26(18-46(31)35(48)33(39(4,5)6)44-38(51)54-25-12-21-11-22(21)13-25)53-32-16-29(30-19-55-37(43-30)41-20(2)3)42-28-14-24(52-7)9-10-27(28)32/h8-10,14,16,19-23,25-26,31,33H,1,11-13,15,17-18H2,2-7H3,(H,41,43)(H,44,51)(H,45,47)(H,49,50)/t21-,22+,23?,25+,26?,31-,33+,40+/m0/s1. The summed E-state index contributed by atoms with van der Waals surface area (Å²) in [6, 6.07) is 5.27. The number of pyridine rings is 1. The van der Waals surface area contributed by atoms with Gasteiger partial charge in [0.1, 0.15) is 47.0 Å². The third-order valence-electron chi connectivity index (χ3n) is 11.2. The van der Waals surface area contributed by atoms with Crippen LogP contribution in [0.3, 0.4) is 0 Å². The molecule has 7 rings (SSSR count). The molecule has 2 unspecified atom stereocenters. The predicted molar refractivity (Wildman–Crippen MR) is 207 cm³/mol. The maximum Gasteiger partial charge on any atom is 0.408 e. The summed E-state index contributed by atoms with van der Waals surface area (Å²) >= 11 is 1.46. The van der Waals surface area contributed by atoms with Gasteiger partial charge < -0.3 is 40.2 Å². The Morgan fingerprint density at radius 3 is 2.44 bits per heavy atom. The number of methoxy groups -OCH3 is 1. The molecular formula is C40H50N6O8S. The number of aromatic nitrogens is 2. The van der Waals surface area contributed by atoms with Gasteiger partial charge >= 0.3 is 12.1 Å². The average molecular weight is 775 g/mol. The molecule has 0 radical (unpaired) electrons. The number of nitrogens with one attached hydrogen (secondary N) is 3. The van der Waals surface area contributed by atoms with Crippen molar-refractivity contribution < 1.29 is 38.5 Å². The normalized spacial score (nSPS) is 27.2. The first-order valence-corrected chi connectivity index (χ1v) is 19.8. The molecule has 55 heavy (non-hydrogen) atoms. The number of fused-ring (bicyclic) bond motifs is 2. The number of carbonyl (C=O) groups is 4. The zero-order valence-electron chi connectivity index (χ0n) is 32.1. The second-order valence-electron chi connectivity index (χ2n) is 16.7. The average Bonchev–Trinajstić information content (AvgIpc) is 3.79.